The molecule has 1 unspecified atom stereocenters. The highest BCUT2D eigenvalue weighted by Crippen LogP contribution is 2.44. The number of aliphatic hydroxyl groups is 1. The molecule has 3 aromatic rings. The summed E-state index contributed by atoms with van der Waals surface area (Å²) in [6.45, 7) is 1.77. The molecule has 0 spiro atoms. The van der Waals surface area contributed by atoms with Crippen molar-refractivity contribution in [3.8, 4) is 5.75 Å². The molecule has 0 bridgehead atoms. The smallest absolute Gasteiger partial charge is 0.416 e. The molecule has 1 saturated heterocycles. The van der Waals surface area contributed by atoms with Gasteiger partial charge in [-0.3, -0.25) is 14.5 Å². The minimum atomic E-state index is -4.56. The van der Waals surface area contributed by atoms with Gasteiger partial charge in [-0.25, -0.2) is 0 Å². The van der Waals surface area contributed by atoms with E-state index in [1.807, 2.05) is 0 Å². The van der Waals surface area contributed by atoms with Gasteiger partial charge in [0.2, 0.25) is 0 Å². The first-order chi connectivity index (χ1) is 16.5. The number of aliphatic hydroxyl groups excluding tert-OH is 1. The van der Waals surface area contributed by atoms with Gasteiger partial charge in [-0.05, 0) is 60.5 Å². The van der Waals surface area contributed by atoms with Gasteiger partial charge in [-0.2, -0.15) is 13.2 Å². The molecule has 0 radical (unpaired) electrons. The Hall–Kier alpha value is -3.78. The summed E-state index contributed by atoms with van der Waals surface area (Å²) in [5, 5.41) is 11.5. The van der Waals surface area contributed by atoms with Gasteiger partial charge in [0.05, 0.1) is 29.9 Å². The number of anilines is 1. The van der Waals surface area contributed by atoms with E-state index in [4.69, 9.17) is 16.3 Å². The minimum absolute atomic E-state index is 0.0745. The van der Waals surface area contributed by atoms with Gasteiger partial charge in [0.25, 0.3) is 11.7 Å². The number of methoxy groups -OCH3 is 1. The van der Waals surface area contributed by atoms with Crippen LogP contribution in [0.3, 0.4) is 0 Å². The lowest BCUT2D eigenvalue weighted by Gasteiger charge is -2.27. The van der Waals surface area contributed by atoms with Crippen molar-refractivity contribution in [1.29, 1.82) is 0 Å². The number of alkyl halides is 3. The topological polar surface area (TPSA) is 66.8 Å². The van der Waals surface area contributed by atoms with Gasteiger partial charge >= 0.3 is 6.18 Å². The lowest BCUT2D eigenvalue weighted by molar-refractivity contribution is -0.137. The average Bonchev–Trinajstić information content (AvgIpc) is 3.08. The summed E-state index contributed by atoms with van der Waals surface area (Å²) in [5.74, 6) is -2.26. The van der Waals surface area contributed by atoms with Crippen molar-refractivity contribution in [2.75, 3.05) is 12.0 Å². The van der Waals surface area contributed by atoms with Gasteiger partial charge in [-0.1, -0.05) is 35.9 Å². The van der Waals surface area contributed by atoms with Crippen LogP contribution in [0.1, 0.15) is 28.3 Å². The molecule has 0 saturated carbocycles. The summed E-state index contributed by atoms with van der Waals surface area (Å²) in [6, 6.07) is 14.2. The Morgan fingerprint density at radius 3 is 2.29 bits per heavy atom. The maximum Gasteiger partial charge on any atom is 0.416 e. The van der Waals surface area contributed by atoms with Crippen LogP contribution in [0.25, 0.3) is 5.76 Å². The van der Waals surface area contributed by atoms with E-state index in [2.05, 4.69) is 0 Å². The zero-order valence-corrected chi connectivity index (χ0v) is 19.3. The zero-order valence-electron chi connectivity index (χ0n) is 18.6. The number of halogens is 4. The van der Waals surface area contributed by atoms with Crippen molar-refractivity contribution in [3.63, 3.8) is 0 Å². The predicted octanol–water partition coefficient (Wildman–Crippen LogP) is 6.30. The highest BCUT2D eigenvalue weighted by atomic mass is 35.5. The van der Waals surface area contributed by atoms with Crippen LogP contribution in [-0.4, -0.2) is 23.9 Å². The molecule has 1 fully saturated rings. The second kappa shape index (κ2) is 9.11. The van der Waals surface area contributed by atoms with E-state index in [0.717, 1.165) is 29.2 Å². The number of Topliss-reactive ketones (excluding diaryl/α,β-unsaturated/α-hetero) is 1. The first kappa shape index (κ1) is 24.3. The molecule has 1 amide bonds. The molecular weight excluding hydrogens is 483 g/mol. The minimum Gasteiger partial charge on any atom is -0.507 e. The van der Waals surface area contributed by atoms with Gasteiger partial charge in [0.1, 0.15) is 11.5 Å². The van der Waals surface area contributed by atoms with E-state index in [1.165, 1.54) is 25.3 Å². The van der Waals surface area contributed by atoms with E-state index in [0.29, 0.717) is 11.1 Å². The summed E-state index contributed by atoms with van der Waals surface area (Å²) in [7, 11) is 1.37. The number of amides is 1. The Labute approximate surface area is 204 Å². The number of carbonyl (C=O) groups excluding carboxylic acids is 2. The number of ether oxygens (including phenoxy) is 1. The lowest BCUT2D eigenvalue weighted by atomic mass is 9.92. The molecule has 1 heterocycles. The fourth-order valence-corrected chi connectivity index (χ4v) is 4.28. The molecule has 1 N–H and O–H groups in total. The number of ketones is 1. The number of hydrogen-bond donors (Lipinski definition) is 1. The summed E-state index contributed by atoms with van der Waals surface area (Å²) < 4.78 is 44.6. The fourth-order valence-electron chi connectivity index (χ4n) is 4.11. The van der Waals surface area contributed by atoms with Crippen LogP contribution in [0.5, 0.6) is 5.75 Å². The van der Waals surface area contributed by atoms with Crippen molar-refractivity contribution in [1.82, 2.24) is 0 Å². The second-order valence-corrected chi connectivity index (χ2v) is 8.35. The molecule has 5 nitrogen and oxygen atoms in total. The number of rotatable bonds is 4. The van der Waals surface area contributed by atoms with Crippen LogP contribution in [0, 0.1) is 6.92 Å². The Morgan fingerprint density at radius 2 is 1.69 bits per heavy atom. The highest BCUT2D eigenvalue weighted by molar-refractivity contribution is 6.51. The third kappa shape index (κ3) is 4.37. The van der Waals surface area contributed by atoms with Gasteiger partial charge < -0.3 is 9.84 Å². The van der Waals surface area contributed by atoms with Crippen molar-refractivity contribution < 1.29 is 32.6 Å². The Morgan fingerprint density at radius 1 is 1.03 bits per heavy atom. The van der Waals surface area contributed by atoms with E-state index in [-0.39, 0.29) is 27.6 Å². The molecule has 4 rings (SSSR count). The molecule has 0 aliphatic carbocycles. The standard InChI is InChI=1S/C26H19ClF3NO4/c1-14-5-3-4-6-18(14)22-21(23(32)19-13-16(27)9-12-20(19)35-2)24(33)25(34)31(22)17-10-7-15(8-11-17)26(28,29)30/h3-13,22,32H,1-2H3/b23-21+. The SMILES string of the molecule is COc1ccc(Cl)cc1/C(O)=C1\C(=O)C(=O)N(c2ccc(C(F)(F)F)cc2)C1c1ccccc1C. The van der Waals surface area contributed by atoms with Gasteiger partial charge in [-0.15, -0.1) is 0 Å². The molecule has 9 heteroatoms. The third-order valence-corrected chi connectivity index (χ3v) is 6.05. The lowest BCUT2D eigenvalue weighted by Crippen LogP contribution is -2.29. The van der Waals surface area contributed by atoms with Gasteiger partial charge in [0, 0.05) is 10.7 Å². The average molecular weight is 502 g/mol. The molecule has 1 aliphatic rings. The number of hydrogen-bond acceptors (Lipinski definition) is 4. The maximum absolute atomic E-state index is 13.2. The normalized spacial score (nSPS) is 17.7. The summed E-state index contributed by atoms with van der Waals surface area (Å²) in [6.07, 6.45) is -4.56. The monoisotopic (exact) mass is 501 g/mol. The highest BCUT2D eigenvalue weighted by Gasteiger charge is 2.47. The van der Waals surface area contributed by atoms with Crippen LogP contribution in [0.4, 0.5) is 18.9 Å². The van der Waals surface area contributed by atoms with E-state index >= 15 is 0 Å². The first-order valence-corrected chi connectivity index (χ1v) is 10.8. The molecular formula is C26H19ClF3NO4. The van der Waals surface area contributed by atoms with Gasteiger partial charge in [0.15, 0.2) is 0 Å². The van der Waals surface area contributed by atoms with Crippen LogP contribution in [0.2, 0.25) is 5.02 Å². The maximum atomic E-state index is 13.2. The Bertz CT molecular complexity index is 1350. The molecule has 1 atom stereocenters. The van der Waals surface area contributed by atoms with Crippen LogP contribution >= 0.6 is 11.6 Å². The largest absolute Gasteiger partial charge is 0.507 e. The van der Waals surface area contributed by atoms with E-state index in [1.54, 1.807) is 31.2 Å². The van der Waals surface area contributed by atoms with Crippen LogP contribution in [0.15, 0.2) is 72.3 Å². The quantitative estimate of drug-likeness (QED) is 0.259. The zero-order chi connectivity index (χ0) is 25.5. The van der Waals surface area contributed by atoms with Crippen LogP contribution in [-0.2, 0) is 15.8 Å². The van der Waals surface area contributed by atoms with Crippen LogP contribution < -0.4 is 9.64 Å². The van der Waals surface area contributed by atoms with Crippen molar-refractivity contribution >= 4 is 34.7 Å². The summed E-state index contributed by atoms with van der Waals surface area (Å²) in [4.78, 5) is 27.5. The number of nitrogens with zero attached hydrogens (tertiary/aromatic N) is 1. The fraction of sp³-hybridized carbons (Fsp3) is 0.154. The van der Waals surface area contributed by atoms with E-state index < -0.39 is 35.2 Å². The number of benzene rings is 3. The van der Waals surface area contributed by atoms with Crippen molar-refractivity contribution in [3.05, 3.63) is 99.6 Å². The van der Waals surface area contributed by atoms with Crippen molar-refractivity contribution in [2.45, 2.75) is 19.1 Å². The number of carbonyl (C=O) groups is 2. The molecule has 0 aromatic heterocycles. The second-order valence-electron chi connectivity index (χ2n) is 7.91. The summed E-state index contributed by atoms with van der Waals surface area (Å²) >= 11 is 6.10. The Kier molecular flexibility index (Phi) is 6.34. The molecule has 180 valence electrons. The molecule has 1 aliphatic heterocycles. The predicted molar refractivity (Wildman–Crippen MR) is 125 cm³/mol. The first-order valence-electron chi connectivity index (χ1n) is 10.4. The Balaban J connectivity index is 1.97. The third-order valence-electron chi connectivity index (χ3n) is 5.82. The van der Waals surface area contributed by atoms with Crippen molar-refractivity contribution in [2.24, 2.45) is 0 Å². The molecule has 35 heavy (non-hydrogen) atoms. The summed E-state index contributed by atoms with van der Waals surface area (Å²) in [5.41, 5.74) is 0.280. The molecule has 3 aromatic carbocycles. The number of aryl methyl sites for hydroxylation is 1. The van der Waals surface area contributed by atoms with E-state index in [9.17, 15) is 27.9 Å².